The highest BCUT2D eigenvalue weighted by atomic mass is 16.6. The molecule has 1 unspecified atom stereocenters. The standard InChI is InChI=1S/C18H21NO3/c1-12-3-5-15(9-13(12)2)22-11-16(19)14-4-6-17-18(10-14)21-8-7-20-17/h3-6,9-10,16H,7-8,11,19H2,1-2H3. The van der Waals surface area contributed by atoms with Crippen LogP contribution in [-0.4, -0.2) is 19.8 Å². The second-order valence-corrected chi connectivity index (χ2v) is 5.57. The van der Waals surface area contributed by atoms with Crippen LogP contribution in [0.3, 0.4) is 0 Å². The molecule has 4 nitrogen and oxygen atoms in total. The van der Waals surface area contributed by atoms with E-state index in [1.807, 2.05) is 30.3 Å². The van der Waals surface area contributed by atoms with Crippen LogP contribution in [0.2, 0.25) is 0 Å². The second kappa shape index (κ2) is 6.28. The van der Waals surface area contributed by atoms with E-state index in [1.165, 1.54) is 11.1 Å². The van der Waals surface area contributed by atoms with E-state index in [4.69, 9.17) is 19.9 Å². The lowest BCUT2D eigenvalue weighted by Gasteiger charge is -2.20. The molecule has 0 amide bonds. The molecule has 0 saturated carbocycles. The van der Waals surface area contributed by atoms with Gasteiger partial charge in [0, 0.05) is 0 Å². The van der Waals surface area contributed by atoms with Gasteiger partial charge in [0.2, 0.25) is 0 Å². The molecule has 4 heteroatoms. The summed E-state index contributed by atoms with van der Waals surface area (Å²) in [6.45, 7) is 5.74. The minimum absolute atomic E-state index is 0.211. The van der Waals surface area contributed by atoms with E-state index in [0.29, 0.717) is 19.8 Å². The third-order valence-electron chi connectivity index (χ3n) is 3.90. The van der Waals surface area contributed by atoms with E-state index in [-0.39, 0.29) is 6.04 Å². The first-order chi connectivity index (χ1) is 10.6. The summed E-state index contributed by atoms with van der Waals surface area (Å²) in [5.41, 5.74) is 9.67. The van der Waals surface area contributed by atoms with Crippen molar-refractivity contribution in [3.63, 3.8) is 0 Å². The van der Waals surface area contributed by atoms with Crippen molar-refractivity contribution in [2.24, 2.45) is 5.73 Å². The van der Waals surface area contributed by atoms with Gasteiger partial charge < -0.3 is 19.9 Å². The van der Waals surface area contributed by atoms with Crippen LogP contribution in [-0.2, 0) is 0 Å². The van der Waals surface area contributed by atoms with Gasteiger partial charge in [0.15, 0.2) is 11.5 Å². The molecule has 0 aliphatic carbocycles. The lowest BCUT2D eigenvalue weighted by atomic mass is 10.1. The Labute approximate surface area is 130 Å². The van der Waals surface area contributed by atoms with Crippen LogP contribution in [0.15, 0.2) is 36.4 Å². The molecule has 3 rings (SSSR count). The van der Waals surface area contributed by atoms with Crippen LogP contribution in [0.25, 0.3) is 0 Å². The van der Waals surface area contributed by atoms with Gasteiger partial charge in [-0.2, -0.15) is 0 Å². The van der Waals surface area contributed by atoms with Crippen molar-refractivity contribution in [1.29, 1.82) is 0 Å². The van der Waals surface area contributed by atoms with Crippen LogP contribution in [0.5, 0.6) is 17.2 Å². The third-order valence-corrected chi connectivity index (χ3v) is 3.90. The normalized spacial score (nSPS) is 14.5. The number of aryl methyl sites for hydroxylation is 2. The molecule has 2 aromatic carbocycles. The number of benzene rings is 2. The van der Waals surface area contributed by atoms with Crippen LogP contribution in [0, 0.1) is 13.8 Å². The molecule has 22 heavy (non-hydrogen) atoms. The summed E-state index contributed by atoms with van der Waals surface area (Å²) < 4.78 is 16.9. The van der Waals surface area contributed by atoms with Gasteiger partial charge in [-0.1, -0.05) is 12.1 Å². The highest BCUT2D eigenvalue weighted by Crippen LogP contribution is 2.32. The predicted molar refractivity (Wildman–Crippen MR) is 85.8 cm³/mol. The van der Waals surface area contributed by atoms with Crippen molar-refractivity contribution in [2.45, 2.75) is 19.9 Å². The molecule has 116 valence electrons. The Hall–Kier alpha value is -2.20. The largest absolute Gasteiger partial charge is 0.492 e. The first-order valence-electron chi connectivity index (χ1n) is 7.48. The maximum absolute atomic E-state index is 6.22. The van der Waals surface area contributed by atoms with Crippen molar-refractivity contribution < 1.29 is 14.2 Å². The summed E-state index contributed by atoms with van der Waals surface area (Å²) in [4.78, 5) is 0. The Morgan fingerprint density at radius 1 is 1.00 bits per heavy atom. The molecule has 1 atom stereocenters. The van der Waals surface area contributed by atoms with Crippen molar-refractivity contribution >= 4 is 0 Å². The van der Waals surface area contributed by atoms with Gasteiger partial charge >= 0.3 is 0 Å². The summed E-state index contributed by atoms with van der Waals surface area (Å²) in [5, 5.41) is 0. The summed E-state index contributed by atoms with van der Waals surface area (Å²) in [7, 11) is 0. The Morgan fingerprint density at radius 3 is 2.55 bits per heavy atom. The van der Waals surface area contributed by atoms with E-state index in [0.717, 1.165) is 22.8 Å². The molecule has 0 aromatic heterocycles. The maximum atomic E-state index is 6.22. The monoisotopic (exact) mass is 299 g/mol. The van der Waals surface area contributed by atoms with E-state index >= 15 is 0 Å². The van der Waals surface area contributed by atoms with Crippen molar-refractivity contribution in [3.05, 3.63) is 53.1 Å². The summed E-state index contributed by atoms with van der Waals surface area (Å²) in [6, 6.07) is 11.6. The molecule has 0 saturated heterocycles. The second-order valence-electron chi connectivity index (χ2n) is 5.57. The zero-order chi connectivity index (χ0) is 15.5. The van der Waals surface area contributed by atoms with Gasteiger partial charge in [-0.15, -0.1) is 0 Å². The lowest BCUT2D eigenvalue weighted by Crippen LogP contribution is -2.20. The number of rotatable bonds is 4. The molecule has 0 radical (unpaired) electrons. The first kappa shape index (κ1) is 14.7. The smallest absolute Gasteiger partial charge is 0.161 e. The van der Waals surface area contributed by atoms with Crippen LogP contribution in [0.4, 0.5) is 0 Å². The Morgan fingerprint density at radius 2 is 1.77 bits per heavy atom. The van der Waals surface area contributed by atoms with E-state index in [2.05, 4.69) is 19.9 Å². The third kappa shape index (κ3) is 3.17. The molecule has 1 heterocycles. The lowest BCUT2D eigenvalue weighted by molar-refractivity contribution is 0.171. The van der Waals surface area contributed by atoms with Gasteiger partial charge in [0.25, 0.3) is 0 Å². The zero-order valence-electron chi connectivity index (χ0n) is 13.0. The van der Waals surface area contributed by atoms with Crippen LogP contribution < -0.4 is 19.9 Å². The van der Waals surface area contributed by atoms with Gasteiger partial charge in [-0.3, -0.25) is 0 Å². The molecule has 0 spiro atoms. The van der Waals surface area contributed by atoms with Crippen molar-refractivity contribution in [2.75, 3.05) is 19.8 Å². The maximum Gasteiger partial charge on any atom is 0.161 e. The molecule has 0 fully saturated rings. The summed E-state index contributed by atoms with van der Waals surface area (Å²) in [5.74, 6) is 2.37. The van der Waals surface area contributed by atoms with Gasteiger partial charge in [-0.05, 0) is 54.8 Å². The minimum Gasteiger partial charge on any atom is -0.492 e. The zero-order valence-corrected chi connectivity index (χ0v) is 13.0. The molecule has 1 aliphatic heterocycles. The van der Waals surface area contributed by atoms with Crippen LogP contribution >= 0.6 is 0 Å². The quantitative estimate of drug-likeness (QED) is 0.942. The number of nitrogens with two attached hydrogens (primary N) is 1. The molecular formula is C18H21NO3. The molecular weight excluding hydrogens is 278 g/mol. The van der Waals surface area contributed by atoms with Crippen molar-refractivity contribution in [3.8, 4) is 17.2 Å². The van der Waals surface area contributed by atoms with Gasteiger partial charge in [-0.25, -0.2) is 0 Å². The van der Waals surface area contributed by atoms with Gasteiger partial charge in [0.05, 0.1) is 6.04 Å². The van der Waals surface area contributed by atoms with Crippen molar-refractivity contribution in [1.82, 2.24) is 0 Å². The molecule has 1 aliphatic rings. The molecule has 0 bridgehead atoms. The fourth-order valence-corrected chi connectivity index (χ4v) is 2.38. The number of hydrogen-bond acceptors (Lipinski definition) is 4. The SMILES string of the molecule is Cc1ccc(OCC(N)c2ccc3c(c2)OCCO3)cc1C. The number of fused-ring (bicyclic) bond motifs is 1. The summed E-state index contributed by atoms with van der Waals surface area (Å²) in [6.07, 6.45) is 0. The predicted octanol–water partition coefficient (Wildman–Crippen LogP) is 3.15. The van der Waals surface area contributed by atoms with E-state index < -0.39 is 0 Å². The molecule has 2 aromatic rings. The Kier molecular flexibility index (Phi) is 4.20. The minimum atomic E-state index is -0.211. The summed E-state index contributed by atoms with van der Waals surface area (Å²) >= 11 is 0. The van der Waals surface area contributed by atoms with Crippen LogP contribution in [0.1, 0.15) is 22.7 Å². The fourth-order valence-electron chi connectivity index (χ4n) is 2.38. The number of hydrogen-bond donors (Lipinski definition) is 1. The average Bonchev–Trinajstić information content (AvgIpc) is 2.55. The average molecular weight is 299 g/mol. The fraction of sp³-hybridized carbons (Fsp3) is 0.333. The van der Waals surface area contributed by atoms with E-state index in [9.17, 15) is 0 Å². The Bertz CT molecular complexity index is 669. The topological polar surface area (TPSA) is 53.7 Å². The first-order valence-corrected chi connectivity index (χ1v) is 7.48. The highest BCUT2D eigenvalue weighted by Gasteiger charge is 2.15. The highest BCUT2D eigenvalue weighted by molar-refractivity contribution is 5.44. The Balaban J connectivity index is 1.66. The van der Waals surface area contributed by atoms with Gasteiger partial charge in [0.1, 0.15) is 25.6 Å². The van der Waals surface area contributed by atoms with E-state index in [1.54, 1.807) is 0 Å². The molecule has 2 N–H and O–H groups in total. The number of ether oxygens (including phenoxy) is 3.